The smallest absolute Gasteiger partial charge is 0.306 e. The maximum absolute atomic E-state index is 13.6. The number of H-pyrrole nitrogens is 1. The Balaban J connectivity index is 1.37. The van der Waals surface area contributed by atoms with Gasteiger partial charge in [-0.05, 0) is 81.0 Å². The molecule has 2 heterocycles. The Morgan fingerprint density at radius 2 is 1.81 bits per heavy atom. The number of aromatic amines is 1. The zero-order chi connectivity index (χ0) is 29.7. The molecule has 0 radical (unpaired) electrons. The van der Waals surface area contributed by atoms with Gasteiger partial charge in [-0.2, -0.15) is 5.26 Å². The second-order valence-electron chi connectivity index (χ2n) is 11.9. The summed E-state index contributed by atoms with van der Waals surface area (Å²) in [7, 11) is 0. The topological polar surface area (TPSA) is 98.2 Å². The number of amides is 1. The number of aromatic nitrogens is 1. The van der Waals surface area contributed by atoms with Crippen LogP contribution < -0.4 is 10.2 Å². The van der Waals surface area contributed by atoms with Crippen molar-refractivity contribution in [1.82, 2.24) is 10.3 Å². The number of nitriles is 1. The lowest BCUT2D eigenvalue weighted by Gasteiger charge is -2.27. The Morgan fingerprint density at radius 3 is 2.52 bits per heavy atom. The highest BCUT2D eigenvalue weighted by atomic mass is 16.6. The van der Waals surface area contributed by atoms with Gasteiger partial charge in [-0.1, -0.05) is 42.5 Å². The molecule has 7 heteroatoms. The first kappa shape index (κ1) is 28.9. The maximum Gasteiger partial charge on any atom is 0.306 e. The third-order valence-corrected chi connectivity index (χ3v) is 7.57. The van der Waals surface area contributed by atoms with Crippen molar-refractivity contribution < 1.29 is 14.3 Å². The molecule has 1 fully saturated rings. The van der Waals surface area contributed by atoms with E-state index in [2.05, 4.69) is 21.3 Å². The van der Waals surface area contributed by atoms with Crippen molar-refractivity contribution in [2.45, 2.75) is 64.5 Å². The number of fused-ring (bicyclic) bond motifs is 1. The van der Waals surface area contributed by atoms with Crippen LogP contribution in [0, 0.1) is 11.3 Å². The molecule has 42 heavy (non-hydrogen) atoms. The number of carbonyl (C=O) groups excluding carboxylic acids is 2. The van der Waals surface area contributed by atoms with Gasteiger partial charge in [-0.3, -0.25) is 9.59 Å². The number of hydrogen-bond donors (Lipinski definition) is 2. The fourth-order valence-corrected chi connectivity index (χ4v) is 5.64. The number of aryl methyl sites for hydroxylation is 1. The number of anilines is 1. The van der Waals surface area contributed by atoms with Crippen molar-refractivity contribution in [3.8, 4) is 6.07 Å². The lowest BCUT2D eigenvalue weighted by Crippen LogP contribution is -2.32. The van der Waals surface area contributed by atoms with Crippen LogP contribution in [0.4, 0.5) is 5.69 Å². The molecule has 1 atom stereocenters. The third-order valence-electron chi connectivity index (χ3n) is 7.57. The van der Waals surface area contributed by atoms with Gasteiger partial charge < -0.3 is 19.9 Å². The minimum atomic E-state index is -0.511. The average molecular weight is 563 g/mol. The molecule has 216 valence electrons. The largest absolute Gasteiger partial charge is 0.460 e. The lowest BCUT2D eigenvalue weighted by molar-refractivity contribution is -0.154. The summed E-state index contributed by atoms with van der Waals surface area (Å²) in [6.07, 6.45) is 5.20. The molecule has 1 unspecified atom stereocenters. The molecule has 0 aliphatic carbocycles. The molecule has 1 aliphatic heterocycles. The molecule has 0 saturated carbocycles. The van der Waals surface area contributed by atoms with Crippen LogP contribution in [-0.2, 0) is 27.2 Å². The van der Waals surface area contributed by atoms with E-state index in [-0.39, 0.29) is 30.8 Å². The SMILES string of the molecule is CC(C)(C)OC(=O)CCc1c[nH]c2ccc(CC(=O)NC(c3ccccc3)c3ccc(C#N)cc3N3CCCC3)cc12. The molecule has 0 bridgehead atoms. The predicted molar refractivity (Wildman–Crippen MR) is 165 cm³/mol. The van der Waals surface area contributed by atoms with Gasteiger partial charge in [0.05, 0.1) is 24.1 Å². The summed E-state index contributed by atoms with van der Waals surface area (Å²) >= 11 is 0. The zero-order valence-electron chi connectivity index (χ0n) is 24.6. The van der Waals surface area contributed by atoms with Crippen molar-refractivity contribution in [2.75, 3.05) is 18.0 Å². The molecular formula is C35H38N4O3. The fourth-order valence-electron chi connectivity index (χ4n) is 5.64. The maximum atomic E-state index is 13.6. The number of benzene rings is 3. The van der Waals surface area contributed by atoms with Gasteiger partial charge in [-0.15, -0.1) is 0 Å². The van der Waals surface area contributed by atoms with E-state index in [1.807, 2.05) is 93.7 Å². The number of hydrogen-bond acceptors (Lipinski definition) is 5. The van der Waals surface area contributed by atoms with Crippen LogP contribution >= 0.6 is 0 Å². The summed E-state index contributed by atoms with van der Waals surface area (Å²) in [5, 5.41) is 13.9. The van der Waals surface area contributed by atoms with E-state index in [9.17, 15) is 14.9 Å². The number of nitrogens with one attached hydrogen (secondary N) is 2. The Bertz CT molecular complexity index is 1600. The zero-order valence-corrected chi connectivity index (χ0v) is 24.6. The molecule has 1 saturated heterocycles. The van der Waals surface area contributed by atoms with Crippen molar-refractivity contribution in [2.24, 2.45) is 0 Å². The van der Waals surface area contributed by atoms with Crippen molar-refractivity contribution >= 4 is 28.5 Å². The summed E-state index contributed by atoms with van der Waals surface area (Å²) in [6, 6.07) is 23.6. The molecule has 1 aliphatic rings. The molecule has 5 rings (SSSR count). The van der Waals surface area contributed by atoms with Crippen LogP contribution in [0.25, 0.3) is 10.9 Å². The number of ether oxygens (including phenoxy) is 1. The normalized spacial score (nSPS) is 14.0. The van der Waals surface area contributed by atoms with Crippen LogP contribution in [0.1, 0.15) is 73.9 Å². The second kappa shape index (κ2) is 12.5. The molecule has 2 N–H and O–H groups in total. The number of nitrogens with zero attached hydrogens (tertiary/aromatic N) is 2. The number of rotatable bonds is 9. The standard InChI is InChI=1S/C35H38N4O3/c1-35(2,3)42-33(41)16-13-27-23-37-30-15-12-24(19-29(27)30)21-32(40)38-34(26-9-5-4-6-10-26)28-14-11-25(22-36)20-31(28)39-17-7-8-18-39/h4-6,9-12,14-15,19-20,23,34,37H,7-8,13,16-18,21H2,1-3H3,(H,38,40). The van der Waals surface area contributed by atoms with Gasteiger partial charge >= 0.3 is 5.97 Å². The molecule has 3 aromatic carbocycles. The highest BCUT2D eigenvalue weighted by Crippen LogP contribution is 2.34. The summed E-state index contributed by atoms with van der Waals surface area (Å²) in [5.74, 6) is -0.318. The highest BCUT2D eigenvalue weighted by Gasteiger charge is 2.25. The van der Waals surface area contributed by atoms with Gasteiger partial charge in [0.25, 0.3) is 0 Å². The quantitative estimate of drug-likeness (QED) is 0.231. The van der Waals surface area contributed by atoms with E-state index in [4.69, 9.17) is 4.74 Å². The molecule has 1 amide bonds. The summed E-state index contributed by atoms with van der Waals surface area (Å²) in [4.78, 5) is 31.5. The van der Waals surface area contributed by atoms with Crippen LogP contribution in [-0.4, -0.2) is 35.6 Å². The summed E-state index contributed by atoms with van der Waals surface area (Å²) in [5.41, 5.74) is 5.96. The van der Waals surface area contributed by atoms with Gasteiger partial charge in [0.2, 0.25) is 5.91 Å². The minimum absolute atomic E-state index is 0.0919. The fraction of sp³-hybridized carbons (Fsp3) is 0.343. The second-order valence-corrected chi connectivity index (χ2v) is 11.9. The van der Waals surface area contributed by atoms with Gasteiger partial charge in [-0.25, -0.2) is 0 Å². The first-order chi connectivity index (χ1) is 20.2. The van der Waals surface area contributed by atoms with Gasteiger partial charge in [0.1, 0.15) is 5.60 Å². The van der Waals surface area contributed by atoms with E-state index in [1.165, 1.54) is 0 Å². The molecule has 0 spiro atoms. The van der Waals surface area contributed by atoms with Gasteiger partial charge in [0, 0.05) is 47.9 Å². The highest BCUT2D eigenvalue weighted by molar-refractivity contribution is 5.87. The Kier molecular flexibility index (Phi) is 8.63. The first-order valence-electron chi connectivity index (χ1n) is 14.6. The van der Waals surface area contributed by atoms with Crippen LogP contribution in [0.2, 0.25) is 0 Å². The molecule has 1 aromatic heterocycles. The van der Waals surface area contributed by atoms with Crippen molar-refractivity contribution in [3.63, 3.8) is 0 Å². The summed E-state index contributed by atoms with van der Waals surface area (Å²) < 4.78 is 5.47. The van der Waals surface area contributed by atoms with E-state index in [0.717, 1.165) is 64.8 Å². The summed E-state index contributed by atoms with van der Waals surface area (Å²) in [6.45, 7) is 7.47. The minimum Gasteiger partial charge on any atom is -0.460 e. The molecular weight excluding hydrogens is 524 g/mol. The lowest BCUT2D eigenvalue weighted by atomic mass is 9.95. The third kappa shape index (κ3) is 7.01. The Hall–Kier alpha value is -4.57. The van der Waals surface area contributed by atoms with E-state index in [1.54, 1.807) is 0 Å². The van der Waals surface area contributed by atoms with Crippen molar-refractivity contribution in [1.29, 1.82) is 5.26 Å². The van der Waals surface area contributed by atoms with Crippen LogP contribution in [0.5, 0.6) is 0 Å². The van der Waals surface area contributed by atoms with E-state index < -0.39 is 5.60 Å². The van der Waals surface area contributed by atoms with Gasteiger partial charge in [0.15, 0.2) is 0 Å². The van der Waals surface area contributed by atoms with Crippen LogP contribution in [0.15, 0.2) is 72.9 Å². The Morgan fingerprint density at radius 1 is 1.05 bits per heavy atom. The Labute approximate surface area is 247 Å². The molecule has 7 nitrogen and oxygen atoms in total. The molecule has 4 aromatic rings. The predicted octanol–water partition coefficient (Wildman–Crippen LogP) is 6.36. The van der Waals surface area contributed by atoms with E-state index >= 15 is 0 Å². The monoisotopic (exact) mass is 562 g/mol. The van der Waals surface area contributed by atoms with Crippen LogP contribution in [0.3, 0.4) is 0 Å². The first-order valence-corrected chi connectivity index (χ1v) is 14.6. The average Bonchev–Trinajstić information content (AvgIpc) is 3.65. The van der Waals surface area contributed by atoms with Crippen molar-refractivity contribution in [3.05, 3.63) is 101 Å². The number of carbonyl (C=O) groups is 2. The number of esters is 1. The van der Waals surface area contributed by atoms with E-state index in [0.29, 0.717) is 12.0 Å².